The van der Waals surface area contributed by atoms with E-state index in [2.05, 4.69) is 56.4 Å². The van der Waals surface area contributed by atoms with E-state index in [1.807, 2.05) is 0 Å². The Bertz CT molecular complexity index is 397. The molecule has 0 radical (unpaired) electrons. The summed E-state index contributed by atoms with van der Waals surface area (Å²) in [5.74, 6) is 0.632. The molecule has 1 fully saturated rings. The molecule has 1 aromatic rings. The molecule has 3 nitrogen and oxygen atoms in total. The molecular weight excluding hydrogens is 224 g/mol. The van der Waals surface area contributed by atoms with Gasteiger partial charge in [0, 0.05) is 44.0 Å². The van der Waals surface area contributed by atoms with Crippen LogP contribution in [0.15, 0.2) is 18.2 Å². The van der Waals surface area contributed by atoms with Gasteiger partial charge in [0.2, 0.25) is 0 Å². The maximum atomic E-state index is 5.46. The summed E-state index contributed by atoms with van der Waals surface area (Å²) in [6.45, 7) is 6.23. The molecule has 1 N–H and O–H groups in total. The molecule has 1 aliphatic heterocycles. The lowest BCUT2D eigenvalue weighted by atomic mass is 10.00. The molecular formula is C15H24N2O. The lowest BCUT2D eigenvalue weighted by Gasteiger charge is -2.24. The van der Waals surface area contributed by atoms with E-state index >= 15 is 0 Å². The molecule has 1 aromatic carbocycles. The molecule has 0 saturated carbocycles. The smallest absolute Gasteiger partial charge is 0.0514 e. The second-order valence-electron chi connectivity index (χ2n) is 5.40. The van der Waals surface area contributed by atoms with Crippen LogP contribution in [0.4, 0.5) is 11.4 Å². The number of hydrogen-bond donors (Lipinski definition) is 1. The Morgan fingerprint density at radius 3 is 2.78 bits per heavy atom. The van der Waals surface area contributed by atoms with Crippen molar-refractivity contribution in [3.63, 3.8) is 0 Å². The van der Waals surface area contributed by atoms with Crippen LogP contribution in [0.5, 0.6) is 0 Å². The van der Waals surface area contributed by atoms with Gasteiger partial charge in [-0.15, -0.1) is 0 Å². The third-order valence-electron chi connectivity index (χ3n) is 3.84. The molecule has 2 unspecified atom stereocenters. The predicted octanol–water partition coefficient (Wildman–Crippen LogP) is 2.90. The van der Waals surface area contributed by atoms with Gasteiger partial charge < -0.3 is 15.0 Å². The van der Waals surface area contributed by atoms with Crippen LogP contribution >= 0.6 is 0 Å². The lowest BCUT2D eigenvalue weighted by Crippen LogP contribution is -2.26. The topological polar surface area (TPSA) is 24.5 Å². The Balaban J connectivity index is 2.11. The number of ether oxygens (including phenoxy) is 1. The summed E-state index contributed by atoms with van der Waals surface area (Å²) in [5.41, 5.74) is 3.82. The minimum absolute atomic E-state index is 0.462. The molecule has 1 heterocycles. The molecule has 1 aliphatic rings. The first kappa shape index (κ1) is 13.2. The quantitative estimate of drug-likeness (QED) is 0.886. The van der Waals surface area contributed by atoms with Crippen molar-refractivity contribution in [2.45, 2.75) is 26.3 Å². The van der Waals surface area contributed by atoms with Gasteiger partial charge in [0.25, 0.3) is 0 Å². The van der Waals surface area contributed by atoms with Crippen molar-refractivity contribution < 1.29 is 4.74 Å². The van der Waals surface area contributed by atoms with E-state index in [-0.39, 0.29) is 0 Å². The van der Waals surface area contributed by atoms with Gasteiger partial charge >= 0.3 is 0 Å². The molecule has 2 rings (SSSR count). The van der Waals surface area contributed by atoms with Crippen LogP contribution in [-0.4, -0.2) is 33.4 Å². The van der Waals surface area contributed by atoms with Gasteiger partial charge in [0.1, 0.15) is 0 Å². The molecule has 3 heteroatoms. The zero-order chi connectivity index (χ0) is 13.1. The van der Waals surface area contributed by atoms with E-state index in [9.17, 15) is 0 Å². The molecule has 0 aromatic heterocycles. The zero-order valence-corrected chi connectivity index (χ0v) is 11.9. The van der Waals surface area contributed by atoms with Gasteiger partial charge in [0.05, 0.1) is 6.61 Å². The second kappa shape index (κ2) is 5.61. The molecule has 2 atom stereocenters. The fraction of sp³-hybridized carbons (Fsp3) is 0.600. The maximum absolute atomic E-state index is 5.46. The fourth-order valence-corrected chi connectivity index (χ4v) is 2.57. The van der Waals surface area contributed by atoms with E-state index < -0.39 is 0 Å². The lowest BCUT2D eigenvalue weighted by molar-refractivity contribution is 0.183. The number of benzene rings is 1. The zero-order valence-electron chi connectivity index (χ0n) is 11.9. The Labute approximate surface area is 110 Å². The third kappa shape index (κ3) is 2.78. The number of nitrogens with one attached hydrogen (secondary N) is 1. The van der Waals surface area contributed by atoms with E-state index in [0.29, 0.717) is 12.0 Å². The van der Waals surface area contributed by atoms with Crippen molar-refractivity contribution >= 4 is 11.4 Å². The van der Waals surface area contributed by atoms with Gasteiger partial charge in [-0.3, -0.25) is 0 Å². The normalized spacial score (nSPS) is 20.8. The summed E-state index contributed by atoms with van der Waals surface area (Å²) < 4.78 is 5.46. The van der Waals surface area contributed by atoms with Gasteiger partial charge in [-0.2, -0.15) is 0 Å². The van der Waals surface area contributed by atoms with Gasteiger partial charge in [-0.25, -0.2) is 0 Å². The highest BCUT2D eigenvalue weighted by Gasteiger charge is 2.22. The Morgan fingerprint density at radius 2 is 2.17 bits per heavy atom. The molecule has 0 spiro atoms. The van der Waals surface area contributed by atoms with Crippen LogP contribution in [0.2, 0.25) is 0 Å². The molecule has 100 valence electrons. The van der Waals surface area contributed by atoms with Crippen molar-refractivity contribution in [2.24, 2.45) is 5.92 Å². The number of rotatable bonds is 4. The van der Waals surface area contributed by atoms with E-state index in [4.69, 9.17) is 4.74 Å². The Kier molecular flexibility index (Phi) is 4.12. The van der Waals surface area contributed by atoms with Crippen LogP contribution in [0.3, 0.4) is 0 Å². The minimum Gasteiger partial charge on any atom is -0.382 e. The second-order valence-corrected chi connectivity index (χ2v) is 5.40. The van der Waals surface area contributed by atoms with Crippen molar-refractivity contribution in [1.29, 1.82) is 0 Å². The molecule has 0 amide bonds. The molecule has 0 bridgehead atoms. The Hall–Kier alpha value is -1.22. The first-order valence-corrected chi connectivity index (χ1v) is 6.71. The first-order valence-electron chi connectivity index (χ1n) is 6.71. The maximum Gasteiger partial charge on any atom is 0.0514 e. The highest BCUT2D eigenvalue weighted by molar-refractivity contribution is 5.65. The highest BCUT2D eigenvalue weighted by atomic mass is 16.5. The van der Waals surface area contributed by atoms with Crippen molar-refractivity contribution in [1.82, 2.24) is 0 Å². The number of hydrogen-bond acceptors (Lipinski definition) is 3. The molecule has 18 heavy (non-hydrogen) atoms. The summed E-state index contributed by atoms with van der Waals surface area (Å²) in [5, 5.41) is 3.64. The summed E-state index contributed by atoms with van der Waals surface area (Å²) in [4.78, 5) is 2.16. The third-order valence-corrected chi connectivity index (χ3v) is 3.84. The van der Waals surface area contributed by atoms with E-state index in [1.54, 1.807) is 0 Å². The summed E-state index contributed by atoms with van der Waals surface area (Å²) in [6.07, 6.45) is 1.17. The van der Waals surface area contributed by atoms with E-state index in [1.165, 1.54) is 23.4 Å². The van der Waals surface area contributed by atoms with Crippen LogP contribution in [0, 0.1) is 12.8 Å². The minimum atomic E-state index is 0.462. The average molecular weight is 248 g/mol. The number of nitrogens with zero attached hydrogens (tertiary/aromatic N) is 1. The van der Waals surface area contributed by atoms with Crippen molar-refractivity contribution in [3.05, 3.63) is 23.8 Å². The van der Waals surface area contributed by atoms with Crippen LogP contribution < -0.4 is 10.2 Å². The monoisotopic (exact) mass is 248 g/mol. The number of anilines is 2. The summed E-state index contributed by atoms with van der Waals surface area (Å²) in [7, 11) is 4.17. The largest absolute Gasteiger partial charge is 0.382 e. The molecule has 0 aliphatic carbocycles. The van der Waals surface area contributed by atoms with Crippen LogP contribution in [0.1, 0.15) is 18.9 Å². The molecule has 1 saturated heterocycles. The SMILES string of the molecule is Cc1c(NC(C)C2CCOC2)cccc1N(C)C. The van der Waals surface area contributed by atoms with E-state index in [0.717, 1.165) is 13.2 Å². The standard InChI is InChI=1S/C15H24N2O/c1-11-14(6-5-7-15(11)17(3)4)16-12(2)13-8-9-18-10-13/h5-7,12-13,16H,8-10H2,1-4H3. The predicted molar refractivity (Wildman–Crippen MR) is 77.5 cm³/mol. The van der Waals surface area contributed by atoms with Crippen LogP contribution in [-0.2, 0) is 4.74 Å². The first-order chi connectivity index (χ1) is 8.59. The highest BCUT2D eigenvalue weighted by Crippen LogP contribution is 2.27. The summed E-state index contributed by atoms with van der Waals surface area (Å²) >= 11 is 0. The Morgan fingerprint density at radius 1 is 1.39 bits per heavy atom. The van der Waals surface area contributed by atoms with Gasteiger partial charge in [-0.05, 0) is 38.0 Å². The van der Waals surface area contributed by atoms with Crippen molar-refractivity contribution in [2.75, 3.05) is 37.5 Å². The van der Waals surface area contributed by atoms with Crippen LogP contribution in [0.25, 0.3) is 0 Å². The fourth-order valence-electron chi connectivity index (χ4n) is 2.57. The van der Waals surface area contributed by atoms with Gasteiger partial charge in [0.15, 0.2) is 0 Å². The summed E-state index contributed by atoms with van der Waals surface area (Å²) in [6, 6.07) is 6.89. The average Bonchev–Trinajstić information content (AvgIpc) is 2.85. The van der Waals surface area contributed by atoms with Crippen molar-refractivity contribution in [3.8, 4) is 0 Å². The van der Waals surface area contributed by atoms with Gasteiger partial charge in [-0.1, -0.05) is 6.07 Å².